The zero-order valence-electron chi connectivity index (χ0n) is 14.0. The molecule has 0 radical (unpaired) electrons. The highest BCUT2D eigenvalue weighted by Crippen LogP contribution is 2.34. The van der Waals surface area contributed by atoms with Gasteiger partial charge >= 0.3 is 6.03 Å². The summed E-state index contributed by atoms with van der Waals surface area (Å²) in [5, 5.41) is 9.57. The number of rotatable bonds is 6. The molecule has 9 heteroatoms. The van der Waals surface area contributed by atoms with Crippen molar-refractivity contribution in [3.63, 3.8) is 0 Å². The minimum absolute atomic E-state index is 0.176. The summed E-state index contributed by atoms with van der Waals surface area (Å²) >= 11 is 11.8. The lowest BCUT2D eigenvalue weighted by molar-refractivity contribution is 0.174. The Bertz CT molecular complexity index is 804. The molecule has 2 amide bonds. The van der Waals surface area contributed by atoms with Crippen LogP contribution < -0.4 is 25.4 Å². The van der Waals surface area contributed by atoms with Gasteiger partial charge in [0.15, 0.2) is 11.5 Å². The lowest BCUT2D eigenvalue weighted by Crippen LogP contribution is -2.39. The Hall–Kier alpha value is -2.38. The smallest absolute Gasteiger partial charge is 0.315 e. The number of amides is 2. The number of urea groups is 1. The van der Waals surface area contributed by atoms with Gasteiger partial charge in [-0.15, -0.1) is 0 Å². The van der Waals surface area contributed by atoms with Gasteiger partial charge in [0.1, 0.15) is 5.82 Å². The third-order valence-corrected chi connectivity index (χ3v) is 4.25. The first kappa shape index (κ1) is 18.4. The van der Waals surface area contributed by atoms with Crippen molar-refractivity contribution in [3.8, 4) is 11.5 Å². The van der Waals surface area contributed by atoms with E-state index in [0.717, 1.165) is 5.56 Å². The van der Waals surface area contributed by atoms with Gasteiger partial charge in [0.25, 0.3) is 0 Å². The first-order chi connectivity index (χ1) is 12.5. The molecule has 0 saturated carbocycles. The Morgan fingerprint density at radius 3 is 2.85 bits per heavy atom. The van der Waals surface area contributed by atoms with E-state index in [9.17, 15) is 4.79 Å². The van der Waals surface area contributed by atoms with Crippen molar-refractivity contribution in [2.75, 3.05) is 25.2 Å². The number of hydrogen-bond donors (Lipinski definition) is 3. The molecule has 3 rings (SSSR count). The number of halogens is 2. The number of carbonyl (C=O) groups is 1. The highest BCUT2D eigenvalue weighted by atomic mass is 35.5. The third kappa shape index (κ3) is 4.62. The fourth-order valence-electron chi connectivity index (χ4n) is 2.42. The molecule has 1 aliphatic rings. The van der Waals surface area contributed by atoms with E-state index in [-0.39, 0.29) is 18.9 Å². The SMILES string of the molecule is CC(NC(=O)NCCNc1ncc(Cl)cc1Cl)c1ccc2c(c1)OCO2. The maximum absolute atomic E-state index is 12.0. The maximum Gasteiger partial charge on any atom is 0.315 e. The highest BCUT2D eigenvalue weighted by molar-refractivity contribution is 6.35. The highest BCUT2D eigenvalue weighted by Gasteiger charge is 2.16. The van der Waals surface area contributed by atoms with Crippen LogP contribution in [0, 0.1) is 0 Å². The predicted molar refractivity (Wildman–Crippen MR) is 100 cm³/mol. The molecule has 0 fully saturated rings. The molecule has 1 aliphatic heterocycles. The summed E-state index contributed by atoms with van der Waals surface area (Å²) < 4.78 is 10.6. The van der Waals surface area contributed by atoms with Gasteiger partial charge in [0.2, 0.25) is 6.79 Å². The summed E-state index contributed by atoms with van der Waals surface area (Å²) in [6.45, 7) is 2.99. The lowest BCUT2D eigenvalue weighted by Gasteiger charge is -2.16. The first-order valence-corrected chi connectivity index (χ1v) is 8.77. The number of nitrogens with one attached hydrogen (secondary N) is 3. The topological polar surface area (TPSA) is 84.5 Å². The van der Waals surface area contributed by atoms with Gasteiger partial charge in [-0.2, -0.15) is 0 Å². The van der Waals surface area contributed by atoms with Crippen LogP contribution in [0.1, 0.15) is 18.5 Å². The standard InChI is InChI=1S/C17H18Cl2N4O3/c1-10(11-2-3-14-15(6-11)26-9-25-14)23-17(24)21-5-4-20-16-13(19)7-12(18)8-22-16/h2-3,6-8,10H,4-5,9H2,1H3,(H,20,22)(H2,21,23,24). The fourth-order valence-corrected chi connectivity index (χ4v) is 2.86. The Labute approximate surface area is 161 Å². The molecule has 1 aromatic carbocycles. The number of carbonyl (C=O) groups excluding carboxylic acids is 1. The van der Waals surface area contributed by atoms with Crippen LogP contribution in [0.15, 0.2) is 30.5 Å². The van der Waals surface area contributed by atoms with Crippen LogP contribution in [0.25, 0.3) is 0 Å². The average molecular weight is 397 g/mol. The third-order valence-electron chi connectivity index (χ3n) is 3.76. The van der Waals surface area contributed by atoms with E-state index < -0.39 is 0 Å². The number of fused-ring (bicyclic) bond motifs is 1. The van der Waals surface area contributed by atoms with Crippen molar-refractivity contribution < 1.29 is 14.3 Å². The Morgan fingerprint density at radius 1 is 1.23 bits per heavy atom. The molecule has 0 spiro atoms. The molecule has 0 bridgehead atoms. The van der Waals surface area contributed by atoms with Crippen molar-refractivity contribution in [2.45, 2.75) is 13.0 Å². The summed E-state index contributed by atoms with van der Waals surface area (Å²) in [6.07, 6.45) is 1.50. The lowest BCUT2D eigenvalue weighted by atomic mass is 10.1. The molecule has 1 unspecified atom stereocenters. The minimum atomic E-state index is -0.271. The van der Waals surface area contributed by atoms with Gasteiger partial charge in [-0.05, 0) is 30.7 Å². The molecule has 0 saturated heterocycles. The van der Waals surface area contributed by atoms with Gasteiger partial charge in [-0.1, -0.05) is 29.3 Å². The zero-order valence-corrected chi connectivity index (χ0v) is 15.5. The maximum atomic E-state index is 12.0. The zero-order chi connectivity index (χ0) is 18.5. The second-order valence-electron chi connectivity index (χ2n) is 5.65. The molecular weight excluding hydrogens is 379 g/mol. The molecule has 3 N–H and O–H groups in total. The molecule has 138 valence electrons. The van der Waals surface area contributed by atoms with E-state index in [4.69, 9.17) is 32.7 Å². The average Bonchev–Trinajstić information content (AvgIpc) is 3.07. The Kier molecular flexibility index (Phi) is 5.90. The van der Waals surface area contributed by atoms with Crippen LogP contribution in [0.4, 0.5) is 10.6 Å². The fraction of sp³-hybridized carbons (Fsp3) is 0.294. The molecule has 26 heavy (non-hydrogen) atoms. The summed E-state index contributed by atoms with van der Waals surface area (Å²) in [5.74, 6) is 1.92. The number of anilines is 1. The van der Waals surface area contributed by atoms with E-state index in [1.807, 2.05) is 25.1 Å². The largest absolute Gasteiger partial charge is 0.454 e. The van der Waals surface area contributed by atoms with E-state index in [1.54, 1.807) is 6.07 Å². The van der Waals surface area contributed by atoms with Crippen molar-refractivity contribution in [3.05, 3.63) is 46.1 Å². The molecule has 0 aliphatic carbocycles. The number of aromatic nitrogens is 1. The molecular formula is C17H18Cl2N4O3. The summed E-state index contributed by atoms with van der Waals surface area (Å²) in [6, 6.07) is 6.75. The van der Waals surface area contributed by atoms with Crippen LogP contribution in [0.5, 0.6) is 11.5 Å². The predicted octanol–water partition coefficient (Wildman–Crippen LogP) is 3.59. The number of nitrogens with zero attached hydrogens (tertiary/aromatic N) is 1. The van der Waals surface area contributed by atoms with Crippen molar-refractivity contribution >= 4 is 35.1 Å². The Morgan fingerprint density at radius 2 is 2.04 bits per heavy atom. The first-order valence-electron chi connectivity index (χ1n) is 8.02. The van der Waals surface area contributed by atoms with Crippen LogP contribution in [0.3, 0.4) is 0 Å². The number of ether oxygens (including phenoxy) is 2. The summed E-state index contributed by atoms with van der Waals surface area (Å²) in [7, 11) is 0. The van der Waals surface area contributed by atoms with Crippen LogP contribution in [-0.2, 0) is 0 Å². The van der Waals surface area contributed by atoms with Gasteiger partial charge in [-0.25, -0.2) is 9.78 Å². The van der Waals surface area contributed by atoms with E-state index in [1.165, 1.54) is 6.20 Å². The number of benzene rings is 1. The van der Waals surface area contributed by atoms with Crippen molar-refractivity contribution in [2.24, 2.45) is 0 Å². The van der Waals surface area contributed by atoms with Crippen molar-refractivity contribution in [1.82, 2.24) is 15.6 Å². The quantitative estimate of drug-likeness (QED) is 0.649. The van der Waals surface area contributed by atoms with Gasteiger partial charge in [0.05, 0.1) is 16.1 Å². The molecule has 2 aromatic rings. The minimum Gasteiger partial charge on any atom is -0.454 e. The number of pyridine rings is 1. The van der Waals surface area contributed by atoms with Gasteiger partial charge in [0, 0.05) is 19.3 Å². The van der Waals surface area contributed by atoms with Crippen LogP contribution >= 0.6 is 23.2 Å². The van der Waals surface area contributed by atoms with Crippen LogP contribution in [0.2, 0.25) is 10.0 Å². The van der Waals surface area contributed by atoms with Crippen LogP contribution in [-0.4, -0.2) is 30.9 Å². The van der Waals surface area contributed by atoms with Gasteiger partial charge < -0.3 is 25.4 Å². The van der Waals surface area contributed by atoms with Crippen molar-refractivity contribution in [1.29, 1.82) is 0 Å². The second kappa shape index (κ2) is 8.33. The van der Waals surface area contributed by atoms with E-state index in [2.05, 4.69) is 20.9 Å². The molecule has 1 atom stereocenters. The van der Waals surface area contributed by atoms with Gasteiger partial charge in [-0.3, -0.25) is 0 Å². The normalized spacial score (nSPS) is 13.2. The Balaban J connectivity index is 1.42. The van der Waals surface area contributed by atoms with E-state index >= 15 is 0 Å². The molecule has 1 aromatic heterocycles. The van der Waals surface area contributed by atoms with E-state index in [0.29, 0.717) is 40.5 Å². The monoisotopic (exact) mass is 396 g/mol. The molecule has 7 nitrogen and oxygen atoms in total. The second-order valence-corrected chi connectivity index (χ2v) is 6.49. The molecule has 2 heterocycles. The summed E-state index contributed by atoms with van der Waals surface area (Å²) in [5.41, 5.74) is 0.930. The number of hydrogen-bond acceptors (Lipinski definition) is 5. The summed E-state index contributed by atoms with van der Waals surface area (Å²) in [4.78, 5) is 16.1.